The molecule has 0 bridgehead atoms. The normalized spacial score (nSPS) is 26.6. The molecule has 0 radical (unpaired) electrons. The number of nitrogens with one attached hydrogen (secondary N) is 1. The number of carbonyl (C=O) groups excluding carboxylic acids is 2. The van der Waals surface area contributed by atoms with Gasteiger partial charge >= 0.3 is 0 Å². The van der Waals surface area contributed by atoms with E-state index in [1.54, 1.807) is 6.92 Å². The fraction of sp³-hybridized carbons (Fsp3) is 0.882. The van der Waals surface area contributed by atoms with Gasteiger partial charge in [0.25, 0.3) is 0 Å². The summed E-state index contributed by atoms with van der Waals surface area (Å²) in [5.74, 6) is 0.921. The summed E-state index contributed by atoms with van der Waals surface area (Å²) in [4.78, 5) is 28.8. The molecule has 2 saturated heterocycles. The lowest BCUT2D eigenvalue weighted by molar-refractivity contribution is -0.138. The SMILES string of the molecule is CC(=O)N1CCC2(CC1)NC1(CCCC1)C(=O)N2CC(C)C. The van der Waals surface area contributed by atoms with Crippen molar-refractivity contribution in [3.05, 3.63) is 0 Å². The molecule has 3 fully saturated rings. The molecule has 0 unspecified atom stereocenters. The molecular weight excluding hydrogens is 278 g/mol. The molecule has 2 spiro atoms. The summed E-state index contributed by atoms with van der Waals surface area (Å²) < 4.78 is 0. The van der Waals surface area contributed by atoms with Gasteiger partial charge in [0.15, 0.2) is 0 Å². The van der Waals surface area contributed by atoms with E-state index in [9.17, 15) is 9.59 Å². The highest BCUT2D eigenvalue weighted by molar-refractivity contribution is 5.90. The van der Waals surface area contributed by atoms with Gasteiger partial charge in [0.1, 0.15) is 0 Å². The maximum Gasteiger partial charge on any atom is 0.244 e. The van der Waals surface area contributed by atoms with Crippen LogP contribution < -0.4 is 5.32 Å². The van der Waals surface area contributed by atoms with Gasteiger partial charge in [0.2, 0.25) is 11.8 Å². The Kier molecular flexibility index (Phi) is 3.96. The molecule has 2 heterocycles. The van der Waals surface area contributed by atoms with Gasteiger partial charge in [0, 0.05) is 39.4 Å². The van der Waals surface area contributed by atoms with Crippen LogP contribution >= 0.6 is 0 Å². The molecule has 1 N–H and O–H groups in total. The summed E-state index contributed by atoms with van der Waals surface area (Å²) in [6.45, 7) is 8.29. The number of hydrogen-bond acceptors (Lipinski definition) is 3. The first-order chi connectivity index (χ1) is 10.4. The highest BCUT2D eigenvalue weighted by atomic mass is 16.2. The summed E-state index contributed by atoms with van der Waals surface area (Å²) in [7, 11) is 0. The fourth-order valence-electron chi connectivity index (χ4n) is 4.55. The number of hydrogen-bond donors (Lipinski definition) is 1. The summed E-state index contributed by atoms with van der Waals surface area (Å²) in [5.41, 5.74) is -0.537. The fourth-order valence-corrected chi connectivity index (χ4v) is 4.55. The smallest absolute Gasteiger partial charge is 0.244 e. The zero-order valence-corrected chi connectivity index (χ0v) is 14.2. The maximum absolute atomic E-state index is 13.1. The van der Waals surface area contributed by atoms with Crippen molar-refractivity contribution in [3.8, 4) is 0 Å². The summed E-state index contributed by atoms with van der Waals surface area (Å²) in [6.07, 6.45) is 5.94. The third kappa shape index (κ3) is 2.43. The van der Waals surface area contributed by atoms with E-state index in [1.165, 1.54) is 0 Å². The molecule has 1 aliphatic carbocycles. The second-order valence-electron chi connectivity index (χ2n) is 7.76. The van der Waals surface area contributed by atoms with Crippen LogP contribution in [0.15, 0.2) is 0 Å². The van der Waals surface area contributed by atoms with Gasteiger partial charge in [0.05, 0.1) is 11.2 Å². The van der Waals surface area contributed by atoms with Crippen LogP contribution in [-0.2, 0) is 9.59 Å². The summed E-state index contributed by atoms with van der Waals surface area (Å²) >= 11 is 0. The average molecular weight is 307 g/mol. The van der Waals surface area contributed by atoms with Crippen molar-refractivity contribution in [3.63, 3.8) is 0 Å². The maximum atomic E-state index is 13.1. The first kappa shape index (κ1) is 15.8. The first-order valence-corrected chi connectivity index (χ1v) is 8.75. The van der Waals surface area contributed by atoms with E-state index in [0.29, 0.717) is 11.8 Å². The largest absolute Gasteiger partial charge is 0.343 e. The Morgan fingerprint density at radius 2 is 1.77 bits per heavy atom. The molecule has 22 heavy (non-hydrogen) atoms. The number of piperidine rings is 1. The molecule has 3 aliphatic rings. The van der Waals surface area contributed by atoms with Gasteiger partial charge < -0.3 is 9.80 Å². The third-order valence-corrected chi connectivity index (χ3v) is 5.68. The van der Waals surface area contributed by atoms with Crippen LogP contribution in [0.2, 0.25) is 0 Å². The van der Waals surface area contributed by atoms with E-state index in [2.05, 4.69) is 24.1 Å². The molecule has 5 heteroatoms. The molecule has 2 amide bonds. The predicted molar refractivity (Wildman–Crippen MR) is 85.1 cm³/mol. The van der Waals surface area contributed by atoms with Crippen molar-refractivity contribution < 1.29 is 9.59 Å². The molecule has 5 nitrogen and oxygen atoms in total. The van der Waals surface area contributed by atoms with Crippen molar-refractivity contribution in [2.75, 3.05) is 19.6 Å². The Morgan fingerprint density at radius 1 is 1.18 bits per heavy atom. The molecule has 0 atom stereocenters. The minimum Gasteiger partial charge on any atom is -0.343 e. The highest BCUT2D eigenvalue weighted by Gasteiger charge is 2.59. The minimum atomic E-state index is -0.312. The van der Waals surface area contributed by atoms with Crippen molar-refractivity contribution >= 4 is 11.8 Å². The van der Waals surface area contributed by atoms with E-state index >= 15 is 0 Å². The second kappa shape index (κ2) is 5.52. The Hall–Kier alpha value is -1.10. The van der Waals surface area contributed by atoms with Crippen molar-refractivity contribution in [1.29, 1.82) is 0 Å². The second-order valence-corrected chi connectivity index (χ2v) is 7.76. The van der Waals surface area contributed by atoms with Crippen LogP contribution in [0, 0.1) is 5.92 Å². The van der Waals surface area contributed by atoms with Crippen LogP contribution in [0.1, 0.15) is 59.3 Å². The molecule has 2 aliphatic heterocycles. The van der Waals surface area contributed by atoms with Gasteiger partial charge in [-0.1, -0.05) is 26.7 Å². The van der Waals surface area contributed by atoms with Gasteiger partial charge in [-0.2, -0.15) is 0 Å². The number of carbonyl (C=O) groups is 2. The predicted octanol–water partition coefficient (Wildman–Crippen LogP) is 1.73. The standard InChI is InChI=1S/C17H29N3O2/c1-13(2)12-20-15(22)16(6-4-5-7-16)18-17(20)8-10-19(11-9-17)14(3)21/h13,18H,4-12H2,1-3H3. The number of rotatable bonds is 2. The Balaban J connectivity index is 1.84. The quantitative estimate of drug-likeness (QED) is 0.845. The van der Waals surface area contributed by atoms with E-state index in [-0.39, 0.29) is 17.1 Å². The van der Waals surface area contributed by atoms with Gasteiger partial charge in [-0.3, -0.25) is 14.9 Å². The molecule has 0 aromatic heterocycles. The molecular formula is C17H29N3O2. The van der Waals surface area contributed by atoms with Crippen LogP contribution in [0.3, 0.4) is 0 Å². The Bertz CT molecular complexity index is 461. The lowest BCUT2D eigenvalue weighted by Gasteiger charge is -2.45. The lowest BCUT2D eigenvalue weighted by atomic mass is 9.94. The van der Waals surface area contributed by atoms with E-state index in [0.717, 1.165) is 58.2 Å². The molecule has 124 valence electrons. The molecule has 0 aromatic carbocycles. The summed E-state index contributed by atoms with van der Waals surface area (Å²) in [6, 6.07) is 0. The van der Waals surface area contributed by atoms with E-state index in [1.807, 2.05) is 4.90 Å². The van der Waals surface area contributed by atoms with Crippen LogP contribution in [0.4, 0.5) is 0 Å². The van der Waals surface area contributed by atoms with E-state index < -0.39 is 0 Å². The van der Waals surface area contributed by atoms with Gasteiger partial charge in [-0.05, 0) is 18.8 Å². The van der Waals surface area contributed by atoms with Crippen molar-refractivity contribution in [1.82, 2.24) is 15.1 Å². The molecule has 0 aromatic rings. The number of likely N-dealkylation sites (tertiary alicyclic amines) is 1. The minimum absolute atomic E-state index is 0.144. The van der Waals surface area contributed by atoms with Gasteiger partial charge in [-0.25, -0.2) is 0 Å². The van der Waals surface area contributed by atoms with Gasteiger partial charge in [-0.15, -0.1) is 0 Å². The molecule has 3 rings (SSSR count). The van der Waals surface area contributed by atoms with Crippen molar-refractivity contribution in [2.24, 2.45) is 5.92 Å². The zero-order chi connectivity index (χ0) is 16.0. The molecule has 1 saturated carbocycles. The Morgan fingerprint density at radius 3 is 2.27 bits per heavy atom. The summed E-state index contributed by atoms with van der Waals surface area (Å²) in [5, 5.41) is 3.78. The van der Waals surface area contributed by atoms with Crippen LogP contribution in [0.25, 0.3) is 0 Å². The van der Waals surface area contributed by atoms with E-state index in [4.69, 9.17) is 0 Å². The zero-order valence-electron chi connectivity index (χ0n) is 14.2. The topological polar surface area (TPSA) is 52.7 Å². The Labute approximate surface area is 133 Å². The third-order valence-electron chi connectivity index (χ3n) is 5.68. The van der Waals surface area contributed by atoms with Crippen LogP contribution in [0.5, 0.6) is 0 Å². The monoisotopic (exact) mass is 307 g/mol. The van der Waals surface area contributed by atoms with Crippen LogP contribution in [-0.4, -0.2) is 52.5 Å². The van der Waals surface area contributed by atoms with Crippen molar-refractivity contribution in [2.45, 2.75) is 70.5 Å². The number of amides is 2. The average Bonchev–Trinajstić information content (AvgIpc) is 3.00. The lowest BCUT2D eigenvalue weighted by Crippen LogP contribution is -2.60. The number of nitrogens with zero attached hydrogens (tertiary/aromatic N) is 2. The highest BCUT2D eigenvalue weighted by Crippen LogP contribution is 2.44. The first-order valence-electron chi connectivity index (χ1n) is 8.75.